The van der Waals surface area contributed by atoms with Gasteiger partial charge in [0.15, 0.2) is 0 Å². The van der Waals surface area contributed by atoms with Crippen molar-refractivity contribution in [3.05, 3.63) is 63.3 Å². The van der Waals surface area contributed by atoms with E-state index in [0.717, 1.165) is 17.3 Å². The van der Waals surface area contributed by atoms with Crippen molar-refractivity contribution in [1.82, 2.24) is 5.32 Å². The van der Waals surface area contributed by atoms with Crippen molar-refractivity contribution in [1.29, 1.82) is 0 Å². The predicted molar refractivity (Wildman–Crippen MR) is 110 cm³/mol. The fourth-order valence-electron chi connectivity index (χ4n) is 3.35. The molecule has 0 saturated carbocycles. The van der Waals surface area contributed by atoms with Gasteiger partial charge in [0, 0.05) is 29.6 Å². The van der Waals surface area contributed by atoms with Gasteiger partial charge in [0.25, 0.3) is 0 Å². The maximum Gasteiger partial charge on any atom is 0.223 e. The molecule has 0 bridgehead atoms. The van der Waals surface area contributed by atoms with Crippen LogP contribution in [0.2, 0.25) is 5.02 Å². The van der Waals surface area contributed by atoms with E-state index in [1.54, 1.807) is 0 Å². The topological polar surface area (TPSA) is 47.6 Å². The van der Waals surface area contributed by atoms with Crippen molar-refractivity contribution in [2.75, 3.05) is 26.4 Å². The van der Waals surface area contributed by atoms with Crippen LogP contribution in [0, 0.1) is 5.82 Å². The summed E-state index contributed by atoms with van der Waals surface area (Å²) in [6.45, 7) is 2.07. The van der Waals surface area contributed by atoms with E-state index in [4.69, 9.17) is 21.1 Å². The van der Waals surface area contributed by atoms with Gasteiger partial charge < -0.3 is 14.8 Å². The van der Waals surface area contributed by atoms with E-state index in [9.17, 15) is 9.18 Å². The lowest BCUT2D eigenvalue weighted by Crippen LogP contribution is -2.44. The standard InChI is InChI=1S/C21H22BrClFNO3/c22-16-3-1-2-15(12-16)21(7-10-27-11-8-21)14-25-20(26)6-9-28-19-5-4-17(24)13-18(19)23/h1-5,12-13H,6-11,14H2,(H,25,26). The SMILES string of the molecule is O=C(CCOc1ccc(F)cc1Cl)NCC1(c2cccc(Br)c2)CCOCC1. The van der Waals surface area contributed by atoms with Crippen LogP contribution in [0.4, 0.5) is 4.39 Å². The van der Waals surface area contributed by atoms with E-state index < -0.39 is 5.82 Å². The summed E-state index contributed by atoms with van der Waals surface area (Å²) in [5, 5.41) is 3.23. The van der Waals surface area contributed by atoms with E-state index in [-0.39, 0.29) is 29.4 Å². The smallest absolute Gasteiger partial charge is 0.223 e. The Morgan fingerprint density at radius 3 is 2.75 bits per heavy atom. The van der Waals surface area contributed by atoms with Gasteiger partial charge >= 0.3 is 0 Å². The fraction of sp³-hybridized carbons (Fsp3) is 0.381. The summed E-state index contributed by atoms with van der Waals surface area (Å²) in [4.78, 5) is 12.3. The minimum atomic E-state index is -0.426. The third-order valence-corrected chi connectivity index (χ3v) is 5.78. The third kappa shape index (κ3) is 5.46. The van der Waals surface area contributed by atoms with Gasteiger partial charge in [0.1, 0.15) is 11.6 Å². The highest BCUT2D eigenvalue weighted by atomic mass is 79.9. The second-order valence-corrected chi connectivity index (χ2v) is 8.18. The Bertz CT molecular complexity index is 827. The molecular weight excluding hydrogens is 449 g/mol. The Kier molecular flexibility index (Phi) is 7.32. The first-order valence-corrected chi connectivity index (χ1v) is 10.3. The molecule has 0 spiro atoms. The van der Waals surface area contributed by atoms with Crippen LogP contribution in [0.5, 0.6) is 5.75 Å². The average Bonchev–Trinajstić information content (AvgIpc) is 2.69. The second-order valence-electron chi connectivity index (χ2n) is 6.85. The van der Waals surface area contributed by atoms with Crippen LogP contribution in [0.15, 0.2) is 46.9 Å². The first-order valence-electron chi connectivity index (χ1n) is 9.17. The highest BCUT2D eigenvalue weighted by molar-refractivity contribution is 9.10. The lowest BCUT2D eigenvalue weighted by molar-refractivity contribution is -0.122. The number of hydrogen-bond acceptors (Lipinski definition) is 3. The summed E-state index contributed by atoms with van der Waals surface area (Å²) < 4.78 is 25.1. The highest BCUT2D eigenvalue weighted by Gasteiger charge is 2.34. The summed E-state index contributed by atoms with van der Waals surface area (Å²) in [7, 11) is 0. The van der Waals surface area contributed by atoms with Gasteiger partial charge in [-0.05, 0) is 48.7 Å². The number of hydrogen-bond donors (Lipinski definition) is 1. The molecule has 1 heterocycles. The maximum atomic E-state index is 13.1. The summed E-state index contributed by atoms with van der Waals surface area (Å²) >= 11 is 9.46. The molecule has 0 radical (unpaired) electrons. The fourth-order valence-corrected chi connectivity index (χ4v) is 3.97. The maximum absolute atomic E-state index is 13.1. The largest absolute Gasteiger partial charge is 0.491 e. The number of carbonyl (C=O) groups is 1. The molecule has 0 atom stereocenters. The van der Waals surface area contributed by atoms with Gasteiger partial charge in [-0.1, -0.05) is 39.7 Å². The molecule has 4 nitrogen and oxygen atoms in total. The minimum Gasteiger partial charge on any atom is -0.491 e. The van der Waals surface area contributed by atoms with Gasteiger partial charge in [-0.2, -0.15) is 0 Å². The molecule has 1 aliphatic rings. The van der Waals surface area contributed by atoms with Crippen molar-refractivity contribution in [3.8, 4) is 5.75 Å². The number of amides is 1. The monoisotopic (exact) mass is 469 g/mol. The lowest BCUT2D eigenvalue weighted by Gasteiger charge is -2.38. The van der Waals surface area contributed by atoms with E-state index in [1.165, 1.54) is 23.8 Å². The van der Waals surface area contributed by atoms with E-state index >= 15 is 0 Å². The molecule has 0 aromatic heterocycles. The normalized spacial score (nSPS) is 15.8. The van der Waals surface area contributed by atoms with E-state index in [0.29, 0.717) is 25.5 Å². The van der Waals surface area contributed by atoms with E-state index in [2.05, 4.69) is 33.4 Å². The highest BCUT2D eigenvalue weighted by Crippen LogP contribution is 2.35. The number of halogens is 3. The van der Waals surface area contributed by atoms with Gasteiger partial charge in [0.05, 0.1) is 18.1 Å². The van der Waals surface area contributed by atoms with Crippen molar-refractivity contribution < 1.29 is 18.7 Å². The van der Waals surface area contributed by atoms with Gasteiger partial charge in [-0.15, -0.1) is 0 Å². The van der Waals surface area contributed by atoms with Crippen LogP contribution in [-0.4, -0.2) is 32.3 Å². The Morgan fingerprint density at radius 2 is 2.04 bits per heavy atom. The molecule has 150 valence electrons. The first-order chi connectivity index (χ1) is 13.5. The van der Waals surface area contributed by atoms with Gasteiger partial charge in [-0.3, -0.25) is 4.79 Å². The molecule has 7 heteroatoms. The molecule has 1 amide bonds. The number of nitrogens with one attached hydrogen (secondary N) is 1. The minimum absolute atomic E-state index is 0.0981. The summed E-state index contributed by atoms with van der Waals surface area (Å²) in [6.07, 6.45) is 1.90. The van der Waals surface area contributed by atoms with Gasteiger partial charge in [-0.25, -0.2) is 4.39 Å². The molecule has 2 aromatic carbocycles. The van der Waals surface area contributed by atoms with Crippen LogP contribution in [0.3, 0.4) is 0 Å². The Balaban J connectivity index is 1.55. The predicted octanol–water partition coefficient (Wildman–Crippen LogP) is 4.88. The van der Waals surface area contributed by atoms with Gasteiger partial charge in [0.2, 0.25) is 5.91 Å². The molecule has 28 heavy (non-hydrogen) atoms. The zero-order valence-corrected chi connectivity index (χ0v) is 17.7. The molecule has 1 aliphatic heterocycles. The molecule has 3 rings (SSSR count). The molecule has 1 fully saturated rings. The van der Waals surface area contributed by atoms with Crippen LogP contribution < -0.4 is 10.1 Å². The van der Waals surface area contributed by atoms with Crippen molar-refractivity contribution in [3.63, 3.8) is 0 Å². The first kappa shape index (κ1) is 21.1. The Labute approximate surface area is 177 Å². The summed E-state index contributed by atoms with van der Waals surface area (Å²) in [5.74, 6) is -0.158. The van der Waals surface area contributed by atoms with Crippen LogP contribution in [0.25, 0.3) is 0 Å². The zero-order valence-electron chi connectivity index (χ0n) is 15.3. The molecule has 0 aliphatic carbocycles. The Morgan fingerprint density at radius 1 is 1.25 bits per heavy atom. The molecule has 0 unspecified atom stereocenters. The summed E-state index contributed by atoms with van der Waals surface area (Å²) in [6, 6.07) is 12.1. The van der Waals surface area contributed by atoms with Crippen LogP contribution in [-0.2, 0) is 14.9 Å². The number of benzene rings is 2. The zero-order chi connectivity index (χ0) is 20.0. The second kappa shape index (κ2) is 9.72. The average molecular weight is 471 g/mol. The number of rotatable bonds is 7. The molecule has 1 saturated heterocycles. The summed E-state index contributed by atoms with van der Waals surface area (Å²) in [5.41, 5.74) is 1.05. The third-order valence-electron chi connectivity index (χ3n) is 4.99. The number of carbonyl (C=O) groups excluding carboxylic acids is 1. The van der Waals surface area contributed by atoms with Crippen molar-refractivity contribution in [2.45, 2.75) is 24.7 Å². The lowest BCUT2D eigenvalue weighted by atomic mass is 9.74. The quantitative estimate of drug-likeness (QED) is 0.628. The van der Waals surface area contributed by atoms with Crippen molar-refractivity contribution >= 4 is 33.4 Å². The molecule has 1 N–H and O–H groups in total. The van der Waals surface area contributed by atoms with Crippen LogP contribution in [0.1, 0.15) is 24.8 Å². The van der Waals surface area contributed by atoms with E-state index in [1.807, 2.05) is 12.1 Å². The molecular formula is C21H22BrClFNO3. The Hall–Kier alpha value is -1.63. The number of ether oxygens (including phenoxy) is 2. The van der Waals surface area contributed by atoms with Crippen LogP contribution >= 0.6 is 27.5 Å². The van der Waals surface area contributed by atoms with Crippen molar-refractivity contribution in [2.24, 2.45) is 0 Å². The molecule has 2 aromatic rings.